The van der Waals surface area contributed by atoms with Crippen LogP contribution in [0.15, 0.2) is 24.3 Å². The van der Waals surface area contributed by atoms with Crippen molar-refractivity contribution in [3.05, 3.63) is 40.9 Å². The fraction of sp³-hybridized carbons (Fsp3) is 0.444. The zero-order chi connectivity index (χ0) is 19.4. The van der Waals surface area contributed by atoms with Crippen molar-refractivity contribution in [3.63, 3.8) is 0 Å². The molecular formula is C18H22ClN5O3. The van der Waals surface area contributed by atoms with Crippen LogP contribution in [0, 0.1) is 6.92 Å². The Hall–Kier alpha value is -2.61. The highest BCUT2D eigenvalue weighted by atomic mass is 35.5. The fourth-order valence-electron chi connectivity index (χ4n) is 3.01. The number of ether oxygens (including phenoxy) is 1. The lowest BCUT2D eigenvalue weighted by atomic mass is 10.1. The highest BCUT2D eigenvalue weighted by molar-refractivity contribution is 6.32. The Labute approximate surface area is 162 Å². The van der Waals surface area contributed by atoms with E-state index < -0.39 is 0 Å². The van der Waals surface area contributed by atoms with Gasteiger partial charge in [-0.05, 0) is 38.8 Å². The number of carbonyl (C=O) groups excluding carboxylic acids is 2. The van der Waals surface area contributed by atoms with Gasteiger partial charge in [0, 0.05) is 19.1 Å². The minimum Gasteiger partial charge on any atom is -0.450 e. The second kappa shape index (κ2) is 8.39. The molecule has 0 saturated carbocycles. The average molecular weight is 392 g/mol. The maximum Gasteiger partial charge on any atom is 0.409 e. The molecule has 1 fully saturated rings. The van der Waals surface area contributed by atoms with E-state index in [1.54, 1.807) is 29.5 Å². The summed E-state index contributed by atoms with van der Waals surface area (Å²) in [6.45, 7) is 5.00. The van der Waals surface area contributed by atoms with Crippen LogP contribution in [0.25, 0.3) is 5.69 Å². The standard InChI is InChI=1S/C18H22ClN5O3/c1-3-27-18(26)23-10-8-13(9-11-23)21-17(25)16-20-12(2)24(22-16)15-7-5-4-6-14(15)19/h4-7,13H,3,8-11H2,1-2H3,(H,21,25). The van der Waals surface area contributed by atoms with E-state index in [2.05, 4.69) is 15.4 Å². The van der Waals surface area contributed by atoms with E-state index in [0.717, 1.165) is 0 Å². The van der Waals surface area contributed by atoms with Crippen molar-refractivity contribution >= 4 is 23.6 Å². The number of nitrogens with one attached hydrogen (secondary N) is 1. The molecule has 1 saturated heterocycles. The van der Waals surface area contributed by atoms with E-state index >= 15 is 0 Å². The van der Waals surface area contributed by atoms with E-state index in [4.69, 9.17) is 16.3 Å². The van der Waals surface area contributed by atoms with Gasteiger partial charge < -0.3 is 15.0 Å². The summed E-state index contributed by atoms with van der Waals surface area (Å²) in [5.74, 6) is 0.337. The van der Waals surface area contributed by atoms with Gasteiger partial charge in [-0.25, -0.2) is 14.5 Å². The number of para-hydroxylation sites is 1. The minimum atomic E-state index is -0.335. The summed E-state index contributed by atoms with van der Waals surface area (Å²) >= 11 is 6.21. The van der Waals surface area contributed by atoms with Crippen LogP contribution in [0.4, 0.5) is 4.79 Å². The van der Waals surface area contributed by atoms with E-state index in [1.807, 2.05) is 18.2 Å². The lowest BCUT2D eigenvalue weighted by molar-refractivity contribution is 0.0853. The van der Waals surface area contributed by atoms with E-state index in [1.165, 1.54) is 0 Å². The van der Waals surface area contributed by atoms with E-state index in [-0.39, 0.29) is 23.9 Å². The molecule has 0 aliphatic carbocycles. The first-order chi connectivity index (χ1) is 13.0. The molecule has 2 heterocycles. The number of halogens is 1. The Morgan fingerprint density at radius 3 is 2.67 bits per heavy atom. The monoisotopic (exact) mass is 391 g/mol. The highest BCUT2D eigenvalue weighted by Crippen LogP contribution is 2.20. The summed E-state index contributed by atoms with van der Waals surface area (Å²) in [4.78, 5) is 30.2. The van der Waals surface area contributed by atoms with Crippen LogP contribution in [0.5, 0.6) is 0 Å². The van der Waals surface area contributed by atoms with Crippen LogP contribution in [-0.2, 0) is 4.74 Å². The topological polar surface area (TPSA) is 89.4 Å². The molecule has 0 unspecified atom stereocenters. The van der Waals surface area contributed by atoms with Crippen molar-refractivity contribution in [2.24, 2.45) is 0 Å². The Kier molecular flexibility index (Phi) is 5.95. The number of likely N-dealkylation sites (tertiary alicyclic amines) is 1. The smallest absolute Gasteiger partial charge is 0.409 e. The maximum absolute atomic E-state index is 12.5. The van der Waals surface area contributed by atoms with Crippen LogP contribution in [-0.4, -0.2) is 57.4 Å². The summed E-state index contributed by atoms with van der Waals surface area (Å²) in [6, 6.07) is 7.22. The third-order valence-electron chi connectivity index (χ3n) is 4.41. The first-order valence-corrected chi connectivity index (χ1v) is 9.28. The van der Waals surface area contributed by atoms with Gasteiger partial charge in [-0.1, -0.05) is 23.7 Å². The molecule has 2 amide bonds. The highest BCUT2D eigenvalue weighted by Gasteiger charge is 2.26. The van der Waals surface area contributed by atoms with Crippen LogP contribution in [0.2, 0.25) is 5.02 Å². The molecule has 1 aliphatic heterocycles. The number of piperidine rings is 1. The number of hydrogen-bond acceptors (Lipinski definition) is 5. The van der Waals surface area contributed by atoms with Crippen molar-refractivity contribution in [2.75, 3.05) is 19.7 Å². The van der Waals surface area contributed by atoms with Crippen LogP contribution in [0.1, 0.15) is 36.2 Å². The number of benzene rings is 1. The normalized spacial score (nSPS) is 14.9. The van der Waals surface area contributed by atoms with Crippen molar-refractivity contribution in [3.8, 4) is 5.69 Å². The number of aryl methyl sites for hydroxylation is 1. The number of amides is 2. The third-order valence-corrected chi connectivity index (χ3v) is 4.73. The molecule has 144 valence electrons. The second-order valence-corrected chi connectivity index (χ2v) is 6.69. The Balaban J connectivity index is 1.62. The molecule has 3 rings (SSSR count). The summed E-state index contributed by atoms with van der Waals surface area (Å²) in [5, 5.41) is 7.77. The molecule has 1 aliphatic rings. The number of aromatic nitrogens is 3. The van der Waals surface area contributed by atoms with Crippen molar-refractivity contribution < 1.29 is 14.3 Å². The molecule has 0 spiro atoms. The van der Waals surface area contributed by atoms with Crippen molar-refractivity contribution in [1.29, 1.82) is 0 Å². The third kappa shape index (κ3) is 4.39. The summed E-state index contributed by atoms with van der Waals surface area (Å²) in [6.07, 6.45) is 1.02. The lowest BCUT2D eigenvalue weighted by Gasteiger charge is -2.31. The van der Waals surface area contributed by atoms with Gasteiger partial charge in [0.15, 0.2) is 0 Å². The van der Waals surface area contributed by atoms with Gasteiger partial charge in [0.05, 0.1) is 17.3 Å². The fourth-order valence-corrected chi connectivity index (χ4v) is 3.22. The van der Waals surface area contributed by atoms with Crippen LogP contribution < -0.4 is 5.32 Å². The van der Waals surface area contributed by atoms with Crippen molar-refractivity contribution in [2.45, 2.75) is 32.7 Å². The van der Waals surface area contributed by atoms with Gasteiger partial charge in [-0.3, -0.25) is 4.79 Å². The molecule has 27 heavy (non-hydrogen) atoms. The van der Waals surface area contributed by atoms with Gasteiger partial charge in [-0.2, -0.15) is 0 Å². The number of hydrogen-bond donors (Lipinski definition) is 1. The Morgan fingerprint density at radius 2 is 2.00 bits per heavy atom. The maximum atomic E-state index is 12.5. The molecule has 0 bridgehead atoms. The minimum absolute atomic E-state index is 0.0317. The first-order valence-electron chi connectivity index (χ1n) is 8.90. The predicted octanol–water partition coefficient (Wildman–Crippen LogP) is 2.58. The van der Waals surface area contributed by atoms with Gasteiger partial charge in [0.2, 0.25) is 5.82 Å². The number of nitrogens with zero attached hydrogens (tertiary/aromatic N) is 4. The van der Waals surface area contributed by atoms with Crippen molar-refractivity contribution in [1.82, 2.24) is 25.0 Å². The summed E-state index contributed by atoms with van der Waals surface area (Å²) in [5.41, 5.74) is 0.672. The molecule has 8 nitrogen and oxygen atoms in total. The molecule has 0 atom stereocenters. The largest absolute Gasteiger partial charge is 0.450 e. The zero-order valence-electron chi connectivity index (χ0n) is 15.3. The quantitative estimate of drug-likeness (QED) is 0.865. The van der Waals surface area contributed by atoms with E-state index in [0.29, 0.717) is 49.1 Å². The van der Waals surface area contributed by atoms with Crippen LogP contribution in [0.3, 0.4) is 0 Å². The van der Waals surface area contributed by atoms with Gasteiger partial charge >= 0.3 is 6.09 Å². The van der Waals surface area contributed by atoms with Gasteiger partial charge in [-0.15, -0.1) is 5.10 Å². The second-order valence-electron chi connectivity index (χ2n) is 6.28. The zero-order valence-corrected chi connectivity index (χ0v) is 16.1. The van der Waals surface area contributed by atoms with Gasteiger partial charge in [0.25, 0.3) is 5.91 Å². The first kappa shape index (κ1) is 19.2. The van der Waals surface area contributed by atoms with Crippen LogP contribution >= 0.6 is 11.6 Å². The average Bonchev–Trinajstić information content (AvgIpc) is 3.04. The Bertz CT molecular complexity index is 830. The molecule has 1 aromatic carbocycles. The molecule has 2 aromatic rings. The van der Waals surface area contributed by atoms with E-state index in [9.17, 15) is 9.59 Å². The Morgan fingerprint density at radius 1 is 1.30 bits per heavy atom. The summed E-state index contributed by atoms with van der Waals surface area (Å²) < 4.78 is 6.56. The number of rotatable bonds is 4. The molecule has 1 N–H and O–H groups in total. The lowest BCUT2D eigenvalue weighted by Crippen LogP contribution is -2.46. The predicted molar refractivity (Wildman–Crippen MR) is 100 cm³/mol. The molecule has 0 radical (unpaired) electrons. The summed E-state index contributed by atoms with van der Waals surface area (Å²) in [7, 11) is 0. The number of carbonyl (C=O) groups is 2. The van der Waals surface area contributed by atoms with Gasteiger partial charge in [0.1, 0.15) is 5.82 Å². The molecule has 9 heteroatoms. The molecular weight excluding hydrogens is 370 g/mol. The molecule has 1 aromatic heterocycles. The SMILES string of the molecule is CCOC(=O)N1CCC(NC(=O)c2nc(C)n(-c3ccccc3Cl)n2)CC1.